The van der Waals surface area contributed by atoms with Gasteiger partial charge in [0, 0.05) is 10.6 Å². The maximum atomic E-state index is 13.8. The summed E-state index contributed by atoms with van der Waals surface area (Å²) in [7, 11) is 1.54. The van der Waals surface area contributed by atoms with E-state index in [1.165, 1.54) is 23.0 Å². The lowest BCUT2D eigenvalue weighted by molar-refractivity contribution is -0.139. The molecule has 0 aliphatic carbocycles. The van der Waals surface area contributed by atoms with Gasteiger partial charge < -0.3 is 14.2 Å². The van der Waals surface area contributed by atoms with Crippen LogP contribution in [-0.4, -0.2) is 24.3 Å². The van der Waals surface area contributed by atoms with Crippen molar-refractivity contribution < 1.29 is 19.0 Å². The van der Waals surface area contributed by atoms with Gasteiger partial charge in [-0.3, -0.25) is 9.36 Å². The molecule has 1 aliphatic rings. The SMILES string of the molecule is CCOC(=O)C1=C(C)N=c2s/c(=C/c3ccc(OCc4ccccc4C#N)c(OC)c3)c(=O)n2[C@@H]1c1ccc(Cl)cc1. The highest BCUT2D eigenvalue weighted by atomic mass is 35.5. The van der Waals surface area contributed by atoms with Gasteiger partial charge in [0.05, 0.1) is 47.2 Å². The van der Waals surface area contributed by atoms with E-state index in [9.17, 15) is 14.9 Å². The van der Waals surface area contributed by atoms with E-state index in [-0.39, 0.29) is 18.8 Å². The van der Waals surface area contributed by atoms with Crippen LogP contribution in [0.5, 0.6) is 11.5 Å². The molecule has 42 heavy (non-hydrogen) atoms. The van der Waals surface area contributed by atoms with Crippen LogP contribution in [-0.2, 0) is 16.1 Å². The first kappa shape index (κ1) is 28.9. The van der Waals surface area contributed by atoms with Gasteiger partial charge in [0.25, 0.3) is 5.56 Å². The molecule has 1 aliphatic heterocycles. The number of methoxy groups -OCH3 is 1. The number of ether oxygens (including phenoxy) is 3. The van der Waals surface area contributed by atoms with E-state index in [2.05, 4.69) is 11.1 Å². The van der Waals surface area contributed by atoms with Crippen molar-refractivity contribution in [1.82, 2.24) is 4.57 Å². The van der Waals surface area contributed by atoms with Gasteiger partial charge in [0.1, 0.15) is 6.61 Å². The number of benzene rings is 3. The number of nitrogens with zero attached hydrogens (tertiary/aromatic N) is 3. The third-order valence-electron chi connectivity index (χ3n) is 6.71. The van der Waals surface area contributed by atoms with Crippen LogP contribution in [0, 0.1) is 11.3 Å². The molecule has 4 aromatic rings. The molecule has 1 aromatic heterocycles. The fraction of sp³-hybridized carbons (Fsp3) is 0.188. The number of nitriles is 1. The highest BCUT2D eigenvalue weighted by Gasteiger charge is 2.33. The average Bonchev–Trinajstić information content (AvgIpc) is 3.30. The molecule has 1 atom stereocenters. The second-order valence-corrected chi connectivity index (χ2v) is 10.8. The number of aromatic nitrogens is 1. The van der Waals surface area contributed by atoms with Crippen LogP contribution >= 0.6 is 22.9 Å². The lowest BCUT2D eigenvalue weighted by Crippen LogP contribution is -2.39. The Bertz CT molecular complexity index is 1920. The highest BCUT2D eigenvalue weighted by molar-refractivity contribution is 7.07. The first-order valence-electron chi connectivity index (χ1n) is 13.1. The molecule has 0 radical (unpaired) electrons. The molecule has 8 nitrogen and oxygen atoms in total. The van der Waals surface area contributed by atoms with Gasteiger partial charge in [-0.1, -0.05) is 59.3 Å². The normalized spacial score (nSPS) is 14.5. The Morgan fingerprint density at radius 2 is 1.90 bits per heavy atom. The van der Waals surface area contributed by atoms with E-state index < -0.39 is 12.0 Å². The van der Waals surface area contributed by atoms with Crippen molar-refractivity contribution >= 4 is 35.0 Å². The molecule has 0 fully saturated rings. The van der Waals surface area contributed by atoms with E-state index in [1.54, 1.807) is 68.5 Å². The predicted molar refractivity (Wildman–Crippen MR) is 160 cm³/mol. The van der Waals surface area contributed by atoms with Crippen molar-refractivity contribution in [2.75, 3.05) is 13.7 Å². The Hall–Kier alpha value is -4.65. The van der Waals surface area contributed by atoms with Crippen molar-refractivity contribution in [3.63, 3.8) is 0 Å². The summed E-state index contributed by atoms with van der Waals surface area (Å²) in [5.41, 5.74) is 3.24. The lowest BCUT2D eigenvalue weighted by atomic mass is 9.96. The molecule has 3 aromatic carbocycles. The number of carbonyl (C=O) groups is 1. The number of hydrogen-bond acceptors (Lipinski definition) is 8. The smallest absolute Gasteiger partial charge is 0.338 e. The van der Waals surface area contributed by atoms with Crippen LogP contribution in [0.3, 0.4) is 0 Å². The first-order chi connectivity index (χ1) is 20.3. The maximum absolute atomic E-state index is 13.8. The minimum atomic E-state index is -0.721. The summed E-state index contributed by atoms with van der Waals surface area (Å²) in [6.07, 6.45) is 1.75. The van der Waals surface area contributed by atoms with Crippen molar-refractivity contribution in [3.05, 3.63) is 125 Å². The molecule has 0 bridgehead atoms. The van der Waals surface area contributed by atoms with Crippen LogP contribution < -0.4 is 24.4 Å². The number of halogens is 1. The summed E-state index contributed by atoms with van der Waals surface area (Å²) >= 11 is 7.36. The van der Waals surface area contributed by atoms with Crippen molar-refractivity contribution in [2.24, 2.45) is 4.99 Å². The van der Waals surface area contributed by atoms with Crippen molar-refractivity contribution in [2.45, 2.75) is 26.5 Å². The second-order valence-electron chi connectivity index (χ2n) is 9.32. The average molecular weight is 600 g/mol. The zero-order valence-corrected chi connectivity index (χ0v) is 24.7. The third-order valence-corrected chi connectivity index (χ3v) is 7.94. The summed E-state index contributed by atoms with van der Waals surface area (Å²) in [4.78, 5) is 32.0. The Morgan fingerprint density at radius 1 is 1.14 bits per heavy atom. The van der Waals surface area contributed by atoms with Crippen molar-refractivity contribution in [3.8, 4) is 17.6 Å². The van der Waals surface area contributed by atoms with E-state index >= 15 is 0 Å². The zero-order chi connectivity index (χ0) is 29.8. The molecular formula is C32H26ClN3O5S. The first-order valence-corrected chi connectivity index (χ1v) is 14.3. The summed E-state index contributed by atoms with van der Waals surface area (Å²) in [6, 6.07) is 21.1. The molecule has 5 rings (SSSR count). The second kappa shape index (κ2) is 12.5. The molecule has 2 heterocycles. The number of hydrogen-bond donors (Lipinski definition) is 0. The van der Waals surface area contributed by atoms with Crippen LogP contribution in [0.2, 0.25) is 5.02 Å². The van der Waals surface area contributed by atoms with Crippen LogP contribution in [0.4, 0.5) is 0 Å². The number of rotatable bonds is 8. The number of allylic oxidation sites excluding steroid dienone is 1. The van der Waals surface area contributed by atoms with Gasteiger partial charge in [0.15, 0.2) is 16.3 Å². The predicted octanol–water partition coefficient (Wildman–Crippen LogP) is 4.91. The zero-order valence-electron chi connectivity index (χ0n) is 23.1. The standard InChI is InChI=1S/C32H26ClN3O5S/c1-4-40-31(38)28-19(2)35-32-36(29(28)21-10-12-24(33)13-11-21)30(37)27(42-32)16-20-9-14-25(26(15-20)39-3)41-18-23-8-6-5-7-22(23)17-34/h5-16,29H,4,18H2,1-3H3/b27-16+/t29-/m1/s1. The monoisotopic (exact) mass is 599 g/mol. The van der Waals surface area contributed by atoms with Crippen molar-refractivity contribution in [1.29, 1.82) is 5.26 Å². The molecule has 0 saturated heterocycles. The molecule has 0 amide bonds. The van der Waals surface area contributed by atoms with Crippen LogP contribution in [0.25, 0.3) is 6.08 Å². The molecule has 0 N–H and O–H groups in total. The molecule has 0 saturated carbocycles. The Kier molecular flexibility index (Phi) is 8.57. The van der Waals surface area contributed by atoms with Gasteiger partial charge in [-0.05, 0) is 61.4 Å². The summed E-state index contributed by atoms with van der Waals surface area (Å²) in [6.45, 7) is 3.87. The van der Waals surface area contributed by atoms with Gasteiger partial charge in [-0.2, -0.15) is 5.26 Å². The number of fused-ring (bicyclic) bond motifs is 1. The quantitative estimate of drug-likeness (QED) is 0.267. The Labute approximate surface area is 251 Å². The van der Waals surface area contributed by atoms with Gasteiger partial charge in [-0.25, -0.2) is 9.79 Å². The van der Waals surface area contributed by atoms with E-state index in [0.717, 1.165) is 5.56 Å². The lowest BCUT2D eigenvalue weighted by Gasteiger charge is -2.24. The van der Waals surface area contributed by atoms with Gasteiger partial charge in [0.2, 0.25) is 0 Å². The van der Waals surface area contributed by atoms with Gasteiger partial charge >= 0.3 is 5.97 Å². The molecule has 0 spiro atoms. The molecule has 0 unspecified atom stereocenters. The topological polar surface area (TPSA) is 103 Å². The molecule has 10 heteroatoms. The van der Waals surface area contributed by atoms with E-state index in [1.807, 2.05) is 18.2 Å². The minimum absolute atomic E-state index is 0.194. The fourth-order valence-corrected chi connectivity index (χ4v) is 5.88. The number of carbonyl (C=O) groups excluding carboxylic acids is 1. The molecule has 212 valence electrons. The third kappa shape index (κ3) is 5.73. The summed E-state index contributed by atoms with van der Waals surface area (Å²) in [5.74, 6) is 0.456. The largest absolute Gasteiger partial charge is 0.493 e. The van der Waals surface area contributed by atoms with Crippen LogP contribution in [0.1, 0.15) is 42.1 Å². The maximum Gasteiger partial charge on any atom is 0.338 e. The Balaban J connectivity index is 1.54. The number of thiazole rings is 1. The summed E-state index contributed by atoms with van der Waals surface area (Å²) in [5, 5.41) is 9.89. The van der Waals surface area contributed by atoms with E-state index in [0.29, 0.717) is 53.8 Å². The van der Waals surface area contributed by atoms with Gasteiger partial charge in [-0.15, -0.1) is 0 Å². The van der Waals surface area contributed by atoms with Crippen LogP contribution in [0.15, 0.2) is 87.8 Å². The Morgan fingerprint density at radius 3 is 2.62 bits per heavy atom. The van der Waals surface area contributed by atoms with E-state index in [4.69, 9.17) is 25.8 Å². The molecular weight excluding hydrogens is 574 g/mol. The minimum Gasteiger partial charge on any atom is -0.493 e. The highest BCUT2D eigenvalue weighted by Crippen LogP contribution is 2.32. The number of esters is 1. The summed E-state index contributed by atoms with van der Waals surface area (Å²) < 4.78 is 18.8. The fourth-order valence-electron chi connectivity index (χ4n) is 4.71.